The maximum atomic E-state index is 5.68. The van der Waals surface area contributed by atoms with Crippen LogP contribution in [0.15, 0.2) is 109 Å². The maximum absolute atomic E-state index is 5.68. The van der Waals surface area contributed by atoms with Crippen molar-refractivity contribution in [1.29, 1.82) is 0 Å². The summed E-state index contributed by atoms with van der Waals surface area (Å²) in [6.07, 6.45) is 26.6. The van der Waals surface area contributed by atoms with Gasteiger partial charge in [-0.3, -0.25) is 0 Å². The summed E-state index contributed by atoms with van der Waals surface area (Å²) in [6.45, 7) is 10.1. The van der Waals surface area contributed by atoms with E-state index in [0.717, 1.165) is 0 Å². The van der Waals surface area contributed by atoms with Crippen LogP contribution in [-0.2, 0) is 17.0 Å². The van der Waals surface area contributed by atoms with Gasteiger partial charge in [0.25, 0.3) is 0 Å². The Morgan fingerprint density at radius 3 is 1.98 bits per heavy atom. The van der Waals surface area contributed by atoms with Crippen LogP contribution in [0.3, 0.4) is 0 Å². The van der Waals surface area contributed by atoms with Gasteiger partial charge in [0.2, 0.25) is 0 Å². The van der Waals surface area contributed by atoms with Gasteiger partial charge in [-0.1, -0.05) is 160 Å². The molecule has 2 nitrogen and oxygen atoms in total. The molecule has 0 bridgehead atoms. The SMILES string of the molecule is CC(C)[C@H]1[N-]C2C(c3cccc4ccccc34)=CC=C[C@H]2N1[Si](C)(C)C1C2C=CC=CC2C2C=CC=CC21.[CH3-].[Cl][Ti][Cl]. The van der Waals surface area contributed by atoms with Gasteiger partial charge in [0.15, 0.2) is 0 Å². The molecule has 5 aliphatic rings. The first kappa shape index (κ1) is 32.0. The van der Waals surface area contributed by atoms with Crippen molar-refractivity contribution in [3.63, 3.8) is 0 Å². The minimum atomic E-state index is -1.98. The average Bonchev–Trinajstić information content (AvgIpc) is 3.55. The standard InChI is InChI=1S/C35H39N2Si.CH3.2ClH.Ti/c1-23(2)35-36-33-29(26-20-11-14-24-13-5-6-15-25(24)26)21-12-22-32(33)37(35)38(3,4)34-30-18-9-7-16-27(30)28-17-8-10-19-31(28)34;;;;/h5-23,27-28,30-35H,1-4H3;1H3;2*1H;/q2*-1;;;+2/p-2/t27?,28?,30?,31?,32-,33?,34?,35+;;;;/m1..../s1. The van der Waals surface area contributed by atoms with Crippen molar-refractivity contribution < 1.29 is 17.0 Å². The van der Waals surface area contributed by atoms with Gasteiger partial charge in [-0.2, -0.15) is 0 Å². The summed E-state index contributed by atoms with van der Waals surface area (Å²) < 4.78 is 2.96. The van der Waals surface area contributed by atoms with Crippen LogP contribution in [0, 0.1) is 37.0 Å². The average molecular weight is 650 g/mol. The van der Waals surface area contributed by atoms with E-state index in [1.54, 1.807) is 0 Å². The van der Waals surface area contributed by atoms with E-state index in [0.29, 0.717) is 41.2 Å². The molecule has 0 radical (unpaired) electrons. The van der Waals surface area contributed by atoms with Crippen molar-refractivity contribution >= 4 is 43.2 Å². The van der Waals surface area contributed by atoms with E-state index in [1.807, 2.05) is 0 Å². The van der Waals surface area contributed by atoms with Gasteiger partial charge >= 0.3 is 35.6 Å². The molecular formula is C36H42Cl2N2SiTi-2. The molecule has 220 valence electrons. The van der Waals surface area contributed by atoms with E-state index in [2.05, 4.69) is 141 Å². The topological polar surface area (TPSA) is 17.3 Å². The van der Waals surface area contributed by atoms with E-state index in [-0.39, 0.29) is 19.6 Å². The Bertz CT molecular complexity index is 1420. The van der Waals surface area contributed by atoms with Gasteiger partial charge < -0.3 is 17.3 Å². The number of benzene rings is 2. The molecule has 2 fully saturated rings. The summed E-state index contributed by atoms with van der Waals surface area (Å²) in [5.41, 5.74) is 3.39. The van der Waals surface area contributed by atoms with Gasteiger partial charge in [-0.05, 0) is 45.5 Å². The number of hydrogen-bond donors (Lipinski definition) is 0. The van der Waals surface area contributed by atoms with Crippen LogP contribution in [0.5, 0.6) is 0 Å². The number of hydrogen-bond acceptors (Lipinski definition) is 1. The van der Waals surface area contributed by atoms with Crippen LogP contribution in [0.25, 0.3) is 21.7 Å². The van der Waals surface area contributed by atoms with Crippen LogP contribution >= 0.6 is 18.6 Å². The Hall–Kier alpha value is -1.43. The summed E-state index contributed by atoms with van der Waals surface area (Å²) in [6, 6.07) is 16.1. The molecule has 1 aliphatic heterocycles. The zero-order valence-corrected chi connectivity index (χ0v) is 29.3. The second-order valence-electron chi connectivity index (χ2n) is 12.8. The van der Waals surface area contributed by atoms with Gasteiger partial charge in [-0.25, -0.2) is 0 Å². The number of fused-ring (bicyclic) bond motifs is 5. The molecule has 0 N–H and O–H groups in total. The van der Waals surface area contributed by atoms with Gasteiger partial charge in [-0.15, -0.1) is 0 Å². The quantitative estimate of drug-likeness (QED) is 0.238. The van der Waals surface area contributed by atoms with Crippen LogP contribution in [0.2, 0.25) is 18.6 Å². The second-order valence-corrected chi connectivity index (χ2v) is 19.9. The van der Waals surface area contributed by atoms with Crippen LogP contribution in [0.1, 0.15) is 19.4 Å². The fourth-order valence-corrected chi connectivity index (χ4v) is 13.5. The molecule has 0 amide bonds. The molecule has 2 aromatic rings. The van der Waals surface area contributed by atoms with E-state index in [1.165, 1.54) is 21.9 Å². The van der Waals surface area contributed by atoms with E-state index in [4.69, 9.17) is 23.9 Å². The second kappa shape index (κ2) is 13.3. The molecule has 6 heteroatoms. The molecule has 1 saturated carbocycles. The van der Waals surface area contributed by atoms with Crippen molar-refractivity contribution in [2.24, 2.45) is 29.6 Å². The molecule has 2 aromatic carbocycles. The van der Waals surface area contributed by atoms with Gasteiger partial charge in [0, 0.05) is 6.04 Å². The normalized spacial score (nSPS) is 32.5. The molecule has 4 aliphatic carbocycles. The first-order valence-electron chi connectivity index (χ1n) is 14.9. The van der Waals surface area contributed by atoms with Crippen LogP contribution in [-0.4, -0.2) is 31.1 Å². The number of allylic oxidation sites excluding steroid dienone is 10. The summed E-state index contributed by atoms with van der Waals surface area (Å²) >= 11 is -0.556. The van der Waals surface area contributed by atoms with E-state index >= 15 is 0 Å². The Morgan fingerprint density at radius 2 is 1.36 bits per heavy atom. The van der Waals surface area contributed by atoms with E-state index < -0.39 is 25.3 Å². The van der Waals surface area contributed by atoms with Gasteiger partial charge in [0.1, 0.15) is 8.24 Å². The predicted molar refractivity (Wildman–Crippen MR) is 182 cm³/mol. The molecule has 0 aromatic heterocycles. The van der Waals surface area contributed by atoms with Crippen molar-refractivity contribution in [3.05, 3.63) is 128 Å². The molecule has 5 unspecified atom stereocenters. The molecule has 42 heavy (non-hydrogen) atoms. The Balaban J connectivity index is 0.000000847. The predicted octanol–water partition coefficient (Wildman–Crippen LogP) is 10.3. The molecule has 7 atom stereocenters. The third kappa shape index (κ3) is 5.49. The zero-order chi connectivity index (χ0) is 28.7. The van der Waals surface area contributed by atoms with E-state index in [9.17, 15) is 0 Å². The summed E-state index contributed by atoms with van der Waals surface area (Å²) in [5, 5.41) is 8.32. The number of halogens is 2. The monoisotopic (exact) mass is 648 g/mol. The molecule has 0 spiro atoms. The van der Waals surface area contributed by atoms with Gasteiger partial charge in [0.05, 0.1) is 0 Å². The fraction of sp³-hybridized carbons (Fsp3) is 0.361. The molecular weight excluding hydrogens is 607 g/mol. The number of nitrogens with zero attached hydrogens (tertiary/aromatic N) is 2. The first-order chi connectivity index (χ1) is 19.9. The third-order valence-corrected chi connectivity index (χ3v) is 14.3. The Kier molecular flexibility index (Phi) is 10.1. The van der Waals surface area contributed by atoms with Crippen molar-refractivity contribution in [2.45, 2.75) is 50.7 Å². The third-order valence-electron chi connectivity index (χ3n) is 10.0. The molecule has 7 rings (SSSR count). The summed E-state index contributed by atoms with van der Waals surface area (Å²) in [4.78, 5) is 0. The molecule has 1 saturated heterocycles. The van der Waals surface area contributed by atoms with Crippen LogP contribution in [0.4, 0.5) is 0 Å². The minimum absolute atomic E-state index is 0. The Labute approximate surface area is 271 Å². The summed E-state index contributed by atoms with van der Waals surface area (Å²) in [7, 11) is 7.80. The summed E-state index contributed by atoms with van der Waals surface area (Å²) in [5.74, 6) is 2.92. The van der Waals surface area contributed by atoms with Crippen molar-refractivity contribution in [1.82, 2.24) is 4.57 Å². The first-order valence-corrected chi connectivity index (χ1v) is 22.2. The fourth-order valence-electron chi connectivity index (χ4n) is 8.57. The molecule has 1 heterocycles. The zero-order valence-electron chi connectivity index (χ0n) is 25.2. The number of rotatable bonds is 4. The van der Waals surface area contributed by atoms with Crippen LogP contribution < -0.4 is 0 Å². The van der Waals surface area contributed by atoms with Crippen molar-refractivity contribution in [2.75, 3.05) is 0 Å². The van der Waals surface area contributed by atoms with Crippen molar-refractivity contribution in [3.8, 4) is 0 Å². The Morgan fingerprint density at radius 1 is 0.786 bits per heavy atom.